The van der Waals surface area contributed by atoms with E-state index in [1.807, 2.05) is 5.38 Å². The minimum atomic E-state index is -0.393. The van der Waals surface area contributed by atoms with Crippen LogP contribution in [0.25, 0.3) is 0 Å². The number of nitrogens with zero attached hydrogens (tertiary/aromatic N) is 1. The molecule has 3 aromatic rings. The van der Waals surface area contributed by atoms with Gasteiger partial charge in [0, 0.05) is 29.6 Å². The molecule has 4 amide bonds. The summed E-state index contributed by atoms with van der Waals surface area (Å²) in [5.74, 6) is -1.30. The number of carbonyl (C=O) groups excluding carboxylic acids is 4. The number of carbonyl (C=O) groups is 4. The number of hydrogen-bond acceptors (Lipinski definition) is 5. The quantitative estimate of drug-likeness (QED) is 0.599. The molecule has 7 nitrogen and oxygen atoms in total. The maximum absolute atomic E-state index is 12.6. The van der Waals surface area contributed by atoms with E-state index in [0.29, 0.717) is 28.1 Å². The molecule has 1 aliphatic heterocycles. The van der Waals surface area contributed by atoms with Crippen molar-refractivity contribution in [2.75, 3.05) is 16.8 Å². The molecule has 0 saturated carbocycles. The minimum Gasteiger partial charge on any atom is -0.351 e. The number of rotatable bonds is 6. The fraction of sp³-hybridized carbons (Fsp3) is 0.0909. The van der Waals surface area contributed by atoms with Crippen molar-refractivity contribution in [1.82, 2.24) is 5.32 Å². The number of anilines is 2. The second-order valence-corrected chi connectivity index (χ2v) is 7.39. The largest absolute Gasteiger partial charge is 0.351 e. The van der Waals surface area contributed by atoms with E-state index < -0.39 is 11.8 Å². The van der Waals surface area contributed by atoms with Crippen molar-refractivity contribution in [2.45, 2.75) is 6.42 Å². The monoisotopic (exact) mass is 419 g/mol. The lowest BCUT2D eigenvalue weighted by Gasteiger charge is -2.15. The van der Waals surface area contributed by atoms with Crippen LogP contribution >= 0.6 is 11.3 Å². The Bertz CT molecular complexity index is 1110. The van der Waals surface area contributed by atoms with Gasteiger partial charge in [-0.1, -0.05) is 18.2 Å². The summed E-state index contributed by atoms with van der Waals surface area (Å²) in [5.41, 5.74) is 2.12. The van der Waals surface area contributed by atoms with Gasteiger partial charge < -0.3 is 10.6 Å². The van der Waals surface area contributed by atoms with Gasteiger partial charge >= 0.3 is 0 Å². The van der Waals surface area contributed by atoms with Gasteiger partial charge in [-0.2, -0.15) is 11.3 Å². The van der Waals surface area contributed by atoms with Crippen LogP contribution in [0.2, 0.25) is 0 Å². The molecular weight excluding hydrogens is 402 g/mol. The highest BCUT2D eigenvalue weighted by atomic mass is 32.1. The molecule has 0 aliphatic carbocycles. The number of imide groups is 1. The van der Waals surface area contributed by atoms with Gasteiger partial charge in [-0.05, 0) is 41.8 Å². The number of benzene rings is 2. The molecule has 0 atom stereocenters. The summed E-state index contributed by atoms with van der Waals surface area (Å²) in [5, 5.41) is 8.96. The molecule has 1 aliphatic rings. The first kappa shape index (κ1) is 19.5. The highest BCUT2D eigenvalue weighted by Gasteiger charge is 2.36. The van der Waals surface area contributed by atoms with Crippen molar-refractivity contribution >= 4 is 46.3 Å². The smallest absolute Gasteiger partial charge is 0.266 e. The summed E-state index contributed by atoms with van der Waals surface area (Å²) in [6, 6.07) is 14.9. The van der Waals surface area contributed by atoms with Gasteiger partial charge in [-0.3, -0.25) is 19.2 Å². The third kappa shape index (κ3) is 3.85. The van der Waals surface area contributed by atoms with Crippen LogP contribution in [0, 0.1) is 0 Å². The van der Waals surface area contributed by atoms with Crippen LogP contribution in [-0.4, -0.2) is 30.2 Å². The Kier molecular flexibility index (Phi) is 5.40. The molecule has 0 saturated heterocycles. The second-order valence-electron chi connectivity index (χ2n) is 6.61. The fourth-order valence-corrected chi connectivity index (χ4v) is 3.79. The lowest BCUT2D eigenvalue weighted by atomic mass is 10.1. The summed E-state index contributed by atoms with van der Waals surface area (Å²) < 4.78 is 0. The zero-order valence-corrected chi connectivity index (χ0v) is 16.6. The van der Waals surface area contributed by atoms with Crippen LogP contribution in [-0.2, 0) is 4.79 Å². The van der Waals surface area contributed by atoms with Gasteiger partial charge in [0.2, 0.25) is 5.91 Å². The maximum atomic E-state index is 12.6. The Morgan fingerprint density at radius 2 is 1.67 bits per heavy atom. The molecule has 8 heteroatoms. The lowest BCUT2D eigenvalue weighted by Crippen LogP contribution is -2.29. The van der Waals surface area contributed by atoms with Gasteiger partial charge in [0.05, 0.1) is 16.8 Å². The zero-order chi connectivity index (χ0) is 21.1. The Morgan fingerprint density at radius 3 is 2.33 bits per heavy atom. The van der Waals surface area contributed by atoms with Crippen molar-refractivity contribution in [3.63, 3.8) is 0 Å². The predicted octanol–water partition coefficient (Wildman–Crippen LogP) is 3.31. The van der Waals surface area contributed by atoms with E-state index in [4.69, 9.17) is 0 Å². The number of nitrogens with one attached hydrogen (secondary N) is 2. The number of amides is 4. The molecule has 0 unspecified atom stereocenters. The molecule has 2 heterocycles. The summed E-state index contributed by atoms with van der Waals surface area (Å²) in [7, 11) is 0. The average molecular weight is 419 g/mol. The van der Waals surface area contributed by atoms with Crippen LogP contribution in [0.15, 0.2) is 65.4 Å². The molecule has 2 aromatic carbocycles. The highest BCUT2D eigenvalue weighted by molar-refractivity contribution is 7.08. The van der Waals surface area contributed by atoms with Crippen LogP contribution in [0.1, 0.15) is 37.5 Å². The van der Waals surface area contributed by atoms with E-state index >= 15 is 0 Å². The number of hydrogen-bond donors (Lipinski definition) is 2. The summed E-state index contributed by atoms with van der Waals surface area (Å²) in [6.45, 7) is 0.193. The fourth-order valence-electron chi connectivity index (χ4n) is 3.16. The Hall–Kier alpha value is -3.78. The third-order valence-corrected chi connectivity index (χ3v) is 5.29. The molecule has 0 radical (unpaired) electrons. The van der Waals surface area contributed by atoms with Crippen molar-refractivity contribution in [3.8, 4) is 0 Å². The zero-order valence-electron chi connectivity index (χ0n) is 15.8. The molecule has 0 bridgehead atoms. The van der Waals surface area contributed by atoms with Crippen molar-refractivity contribution in [2.24, 2.45) is 0 Å². The van der Waals surface area contributed by atoms with E-state index in [9.17, 15) is 19.2 Å². The molecule has 0 spiro atoms. The Labute approximate surface area is 176 Å². The Balaban J connectivity index is 1.38. The van der Waals surface area contributed by atoms with Crippen LogP contribution in [0.3, 0.4) is 0 Å². The predicted molar refractivity (Wildman–Crippen MR) is 114 cm³/mol. The second kappa shape index (κ2) is 8.30. The van der Waals surface area contributed by atoms with Crippen molar-refractivity contribution in [3.05, 3.63) is 82.0 Å². The molecular formula is C22H17N3O4S. The van der Waals surface area contributed by atoms with Gasteiger partial charge in [0.1, 0.15) is 0 Å². The number of thiophene rings is 1. The molecule has 2 N–H and O–H groups in total. The summed E-state index contributed by atoms with van der Waals surface area (Å²) in [6.07, 6.45) is 0.0904. The van der Waals surface area contributed by atoms with Crippen LogP contribution in [0.5, 0.6) is 0 Å². The van der Waals surface area contributed by atoms with Gasteiger partial charge in [0.15, 0.2) is 0 Å². The number of fused-ring (bicyclic) bond motifs is 1. The maximum Gasteiger partial charge on any atom is 0.266 e. The third-order valence-electron chi connectivity index (χ3n) is 4.60. The van der Waals surface area contributed by atoms with Crippen molar-refractivity contribution < 1.29 is 19.2 Å². The van der Waals surface area contributed by atoms with Crippen LogP contribution in [0.4, 0.5) is 11.4 Å². The van der Waals surface area contributed by atoms with E-state index in [-0.39, 0.29) is 24.8 Å². The van der Waals surface area contributed by atoms with E-state index in [0.717, 1.165) is 4.90 Å². The topological polar surface area (TPSA) is 95.6 Å². The van der Waals surface area contributed by atoms with Gasteiger partial charge in [-0.15, -0.1) is 0 Å². The Morgan fingerprint density at radius 1 is 0.933 bits per heavy atom. The molecule has 4 rings (SSSR count). The first-order valence-corrected chi connectivity index (χ1v) is 10.2. The van der Waals surface area contributed by atoms with Crippen molar-refractivity contribution in [1.29, 1.82) is 0 Å². The average Bonchev–Trinajstić information content (AvgIpc) is 3.36. The molecule has 1 aromatic heterocycles. The highest BCUT2D eigenvalue weighted by Crippen LogP contribution is 2.29. The van der Waals surface area contributed by atoms with Crippen LogP contribution < -0.4 is 15.5 Å². The van der Waals surface area contributed by atoms with E-state index in [1.54, 1.807) is 60.0 Å². The SMILES string of the molecule is O=C(CCNC(=O)c1ccsc1)Nc1cccc(N2C(=O)c3ccccc3C2=O)c1. The summed E-state index contributed by atoms with van der Waals surface area (Å²) in [4.78, 5) is 50.4. The standard InChI is InChI=1S/C22H17N3O4S/c26-19(8-10-23-20(27)14-9-11-30-13-14)24-15-4-3-5-16(12-15)25-21(28)17-6-1-2-7-18(17)22(25)29/h1-7,9,11-13H,8,10H2,(H,23,27)(H,24,26). The van der Waals surface area contributed by atoms with Gasteiger partial charge in [0.25, 0.3) is 17.7 Å². The van der Waals surface area contributed by atoms with E-state index in [2.05, 4.69) is 10.6 Å². The first-order chi connectivity index (χ1) is 14.5. The van der Waals surface area contributed by atoms with E-state index in [1.165, 1.54) is 11.3 Å². The normalized spacial score (nSPS) is 12.6. The molecule has 150 valence electrons. The lowest BCUT2D eigenvalue weighted by molar-refractivity contribution is -0.116. The molecule has 0 fully saturated rings. The first-order valence-electron chi connectivity index (χ1n) is 9.23. The minimum absolute atomic E-state index is 0.0904. The molecule has 30 heavy (non-hydrogen) atoms. The summed E-state index contributed by atoms with van der Waals surface area (Å²) >= 11 is 1.43. The van der Waals surface area contributed by atoms with Gasteiger partial charge in [-0.25, -0.2) is 4.90 Å².